The predicted octanol–water partition coefficient (Wildman–Crippen LogP) is 3.27. The number of aromatic nitrogens is 4. The second kappa shape index (κ2) is 6.56. The number of nitrogens with zero attached hydrogens (tertiary/aromatic N) is 4. The fraction of sp³-hybridized carbons (Fsp3) is 0.0909. The Morgan fingerprint density at radius 1 is 1.07 bits per heavy atom. The molecule has 1 unspecified atom stereocenters. The zero-order valence-electron chi connectivity index (χ0n) is 15.7. The van der Waals surface area contributed by atoms with Crippen molar-refractivity contribution in [3.05, 3.63) is 83.8 Å². The summed E-state index contributed by atoms with van der Waals surface area (Å²) in [5, 5.41) is 10.1. The maximum atomic E-state index is 12.2. The molecular weight excluding hydrogens is 364 g/mol. The minimum Gasteiger partial charge on any atom is -0.366 e. The van der Waals surface area contributed by atoms with Crippen molar-refractivity contribution < 1.29 is 4.79 Å². The number of nitrogens with two attached hydrogens (primary N) is 1. The number of benzene rings is 2. The van der Waals surface area contributed by atoms with Crippen LogP contribution < -0.4 is 11.1 Å². The lowest BCUT2D eigenvalue weighted by atomic mass is 9.99. The van der Waals surface area contributed by atoms with Crippen LogP contribution in [-0.2, 0) is 4.79 Å². The number of pyridine rings is 1. The molecule has 0 saturated heterocycles. The van der Waals surface area contributed by atoms with Crippen LogP contribution in [0.1, 0.15) is 18.7 Å². The smallest absolute Gasteiger partial charge is 0.248 e. The fourth-order valence-electron chi connectivity index (χ4n) is 3.82. The zero-order valence-corrected chi connectivity index (χ0v) is 15.7. The normalized spacial score (nSPS) is 15.8. The Bertz CT molecular complexity index is 1270. The van der Waals surface area contributed by atoms with E-state index in [0.29, 0.717) is 28.7 Å². The largest absolute Gasteiger partial charge is 0.366 e. The monoisotopic (exact) mass is 382 g/mol. The first-order valence-electron chi connectivity index (χ1n) is 9.26. The molecule has 0 fully saturated rings. The Morgan fingerprint density at radius 3 is 2.66 bits per heavy atom. The first-order valence-corrected chi connectivity index (χ1v) is 9.26. The highest BCUT2D eigenvalue weighted by molar-refractivity contribution is 5.96. The van der Waals surface area contributed by atoms with Crippen molar-refractivity contribution in [1.82, 2.24) is 19.7 Å². The SMILES string of the molecule is CC1=C(C(N)=O)C(c2ccccn2)n2nc(-c3cccc4ccccc34)nc2N1. The van der Waals surface area contributed by atoms with E-state index in [4.69, 9.17) is 15.8 Å². The Morgan fingerprint density at radius 2 is 1.86 bits per heavy atom. The fourth-order valence-corrected chi connectivity index (χ4v) is 3.82. The van der Waals surface area contributed by atoms with Gasteiger partial charge in [-0.25, -0.2) is 4.68 Å². The molecule has 4 aromatic rings. The Balaban J connectivity index is 1.71. The van der Waals surface area contributed by atoms with Crippen LogP contribution in [0.15, 0.2) is 78.1 Å². The Labute approximate surface area is 166 Å². The lowest BCUT2D eigenvalue weighted by Gasteiger charge is -2.26. The quantitative estimate of drug-likeness (QED) is 0.567. The highest BCUT2D eigenvalue weighted by Crippen LogP contribution is 2.36. The predicted molar refractivity (Wildman–Crippen MR) is 111 cm³/mol. The molecule has 29 heavy (non-hydrogen) atoms. The summed E-state index contributed by atoms with van der Waals surface area (Å²) in [6.07, 6.45) is 1.69. The van der Waals surface area contributed by atoms with E-state index in [9.17, 15) is 4.79 Å². The zero-order chi connectivity index (χ0) is 20.0. The van der Waals surface area contributed by atoms with Crippen molar-refractivity contribution in [2.24, 2.45) is 5.73 Å². The molecule has 2 aromatic heterocycles. The third-order valence-corrected chi connectivity index (χ3v) is 5.12. The van der Waals surface area contributed by atoms with E-state index in [2.05, 4.69) is 22.4 Å². The molecule has 0 aliphatic carbocycles. The van der Waals surface area contributed by atoms with Crippen LogP contribution in [0.3, 0.4) is 0 Å². The average molecular weight is 382 g/mol. The van der Waals surface area contributed by atoms with Crippen LogP contribution in [0.4, 0.5) is 5.95 Å². The van der Waals surface area contributed by atoms with Gasteiger partial charge in [0.15, 0.2) is 5.82 Å². The van der Waals surface area contributed by atoms with Gasteiger partial charge in [0.25, 0.3) is 0 Å². The van der Waals surface area contributed by atoms with Gasteiger partial charge in [0.2, 0.25) is 11.9 Å². The van der Waals surface area contributed by atoms with Crippen molar-refractivity contribution in [2.45, 2.75) is 13.0 Å². The lowest BCUT2D eigenvalue weighted by Crippen LogP contribution is -2.32. The molecule has 1 aliphatic rings. The highest BCUT2D eigenvalue weighted by Gasteiger charge is 2.34. The number of allylic oxidation sites excluding steroid dienone is 1. The van der Waals surface area contributed by atoms with Crippen molar-refractivity contribution >= 4 is 22.6 Å². The van der Waals surface area contributed by atoms with Gasteiger partial charge in [-0.15, -0.1) is 5.10 Å². The maximum absolute atomic E-state index is 12.2. The summed E-state index contributed by atoms with van der Waals surface area (Å²) in [4.78, 5) is 21.4. The number of primary amides is 1. The number of anilines is 1. The average Bonchev–Trinajstić information content (AvgIpc) is 3.16. The van der Waals surface area contributed by atoms with Crippen LogP contribution in [0, 0.1) is 0 Å². The van der Waals surface area contributed by atoms with Gasteiger partial charge < -0.3 is 11.1 Å². The van der Waals surface area contributed by atoms with E-state index >= 15 is 0 Å². The summed E-state index contributed by atoms with van der Waals surface area (Å²) in [7, 11) is 0. The molecule has 0 radical (unpaired) electrons. The molecule has 1 amide bonds. The molecular formula is C22H18N6O. The van der Waals surface area contributed by atoms with Crippen LogP contribution in [0.5, 0.6) is 0 Å². The van der Waals surface area contributed by atoms with Crippen LogP contribution in [-0.4, -0.2) is 25.7 Å². The van der Waals surface area contributed by atoms with E-state index in [1.807, 2.05) is 55.5 Å². The van der Waals surface area contributed by atoms with Gasteiger partial charge in [-0.3, -0.25) is 9.78 Å². The molecule has 3 heterocycles. The second-order valence-corrected chi connectivity index (χ2v) is 6.92. The molecule has 0 bridgehead atoms. The lowest BCUT2D eigenvalue weighted by molar-refractivity contribution is -0.115. The molecule has 7 heteroatoms. The van der Waals surface area contributed by atoms with Crippen molar-refractivity contribution in [2.75, 3.05) is 5.32 Å². The third-order valence-electron chi connectivity index (χ3n) is 5.12. The number of hydrogen-bond donors (Lipinski definition) is 2. The molecule has 0 saturated carbocycles. The van der Waals surface area contributed by atoms with Gasteiger partial charge in [0, 0.05) is 17.5 Å². The number of nitrogens with one attached hydrogen (secondary N) is 1. The summed E-state index contributed by atoms with van der Waals surface area (Å²) in [6, 6.07) is 19.2. The van der Waals surface area contributed by atoms with Crippen molar-refractivity contribution in [1.29, 1.82) is 0 Å². The van der Waals surface area contributed by atoms with Gasteiger partial charge in [-0.05, 0) is 29.8 Å². The van der Waals surface area contributed by atoms with Gasteiger partial charge in [0.05, 0.1) is 11.3 Å². The topological polar surface area (TPSA) is 98.7 Å². The number of hydrogen-bond acceptors (Lipinski definition) is 5. The van der Waals surface area contributed by atoms with E-state index in [1.54, 1.807) is 10.9 Å². The summed E-state index contributed by atoms with van der Waals surface area (Å²) in [6.45, 7) is 1.81. The minimum absolute atomic E-state index is 0.422. The van der Waals surface area contributed by atoms with Crippen LogP contribution >= 0.6 is 0 Å². The van der Waals surface area contributed by atoms with Gasteiger partial charge in [-0.2, -0.15) is 4.98 Å². The molecule has 3 N–H and O–H groups in total. The molecule has 5 rings (SSSR count). The molecule has 1 atom stereocenters. The van der Waals surface area contributed by atoms with Crippen molar-refractivity contribution in [3.8, 4) is 11.4 Å². The molecule has 2 aromatic carbocycles. The third kappa shape index (κ3) is 2.75. The van der Waals surface area contributed by atoms with Crippen LogP contribution in [0.2, 0.25) is 0 Å². The Hall–Kier alpha value is -4.00. The second-order valence-electron chi connectivity index (χ2n) is 6.92. The number of amides is 1. The van der Waals surface area contributed by atoms with E-state index in [1.165, 1.54) is 0 Å². The first-order chi connectivity index (χ1) is 14.1. The summed E-state index contributed by atoms with van der Waals surface area (Å²) in [5.74, 6) is 0.605. The first kappa shape index (κ1) is 17.1. The number of carbonyl (C=O) groups is 1. The minimum atomic E-state index is -0.541. The van der Waals surface area contributed by atoms with Gasteiger partial charge in [0.1, 0.15) is 6.04 Å². The van der Waals surface area contributed by atoms with E-state index in [-0.39, 0.29) is 0 Å². The van der Waals surface area contributed by atoms with Gasteiger partial charge in [-0.1, -0.05) is 48.5 Å². The summed E-state index contributed by atoms with van der Waals surface area (Å²) in [5.41, 5.74) is 8.38. The molecule has 0 spiro atoms. The van der Waals surface area contributed by atoms with E-state index in [0.717, 1.165) is 16.3 Å². The maximum Gasteiger partial charge on any atom is 0.248 e. The van der Waals surface area contributed by atoms with Crippen molar-refractivity contribution in [3.63, 3.8) is 0 Å². The highest BCUT2D eigenvalue weighted by atomic mass is 16.1. The number of carbonyl (C=O) groups excluding carboxylic acids is 1. The molecule has 142 valence electrons. The number of fused-ring (bicyclic) bond motifs is 2. The van der Waals surface area contributed by atoms with Crippen LogP contribution in [0.25, 0.3) is 22.2 Å². The molecule has 7 nitrogen and oxygen atoms in total. The van der Waals surface area contributed by atoms with Gasteiger partial charge >= 0.3 is 0 Å². The summed E-state index contributed by atoms with van der Waals surface area (Å²) >= 11 is 0. The number of rotatable bonds is 3. The Kier molecular flexibility index (Phi) is 3.87. The standard InChI is InChI=1S/C22H18N6O/c1-13-18(20(23)29)19(17-11-4-5-12-24-17)28-22(25-13)26-21(27-28)16-10-6-8-14-7-2-3-9-15(14)16/h2-12,19H,1H3,(H2,23,29)(H,25,26,27). The summed E-state index contributed by atoms with van der Waals surface area (Å²) < 4.78 is 1.69. The molecule has 1 aliphatic heterocycles. The van der Waals surface area contributed by atoms with E-state index < -0.39 is 11.9 Å².